The van der Waals surface area contributed by atoms with Crippen LogP contribution in [0.4, 0.5) is 0 Å². The van der Waals surface area contributed by atoms with Crippen molar-refractivity contribution in [1.29, 1.82) is 0 Å². The summed E-state index contributed by atoms with van der Waals surface area (Å²) in [4.78, 5) is 23.6. The minimum atomic E-state index is -1.30. The summed E-state index contributed by atoms with van der Waals surface area (Å²) in [7, 11) is 0. The fraction of sp³-hybridized carbons (Fsp3) is 0.364. The van der Waals surface area contributed by atoms with Crippen molar-refractivity contribution in [3.05, 3.63) is 71.8 Å². The van der Waals surface area contributed by atoms with E-state index in [4.69, 9.17) is 9.47 Å². The Morgan fingerprint density at radius 3 is 1.29 bits per heavy atom. The standard InChI is InChI=1S/C22H26N2O4/c1-5-21(27-17(3)25,19-13-9-7-10-14-19)23-24-22(6-2,28-18(4)26)20-15-11-8-12-16-20/h7-16H,5-6H2,1-4H3. The van der Waals surface area contributed by atoms with Crippen molar-refractivity contribution in [2.75, 3.05) is 0 Å². The molecule has 0 radical (unpaired) electrons. The number of esters is 2. The first-order valence-electron chi connectivity index (χ1n) is 9.31. The maximum absolute atomic E-state index is 11.8. The third kappa shape index (κ3) is 4.82. The molecule has 0 aromatic heterocycles. The minimum Gasteiger partial charge on any atom is -0.431 e. The Bertz CT molecular complexity index is 753. The van der Waals surface area contributed by atoms with E-state index in [-0.39, 0.29) is 0 Å². The smallest absolute Gasteiger partial charge is 0.305 e. The van der Waals surface area contributed by atoms with Gasteiger partial charge in [-0.15, -0.1) is 10.2 Å². The molecule has 2 unspecified atom stereocenters. The van der Waals surface area contributed by atoms with Gasteiger partial charge in [0.1, 0.15) is 0 Å². The fourth-order valence-corrected chi connectivity index (χ4v) is 3.00. The molecule has 0 aliphatic rings. The van der Waals surface area contributed by atoms with Gasteiger partial charge in [0.2, 0.25) is 11.4 Å². The molecule has 0 saturated carbocycles. The molecule has 0 amide bonds. The van der Waals surface area contributed by atoms with Crippen molar-refractivity contribution in [2.24, 2.45) is 10.2 Å². The van der Waals surface area contributed by atoms with Crippen molar-refractivity contribution in [1.82, 2.24) is 0 Å². The number of azo groups is 1. The molecule has 2 aromatic rings. The average molecular weight is 382 g/mol. The van der Waals surface area contributed by atoms with Crippen LogP contribution in [0.15, 0.2) is 70.9 Å². The maximum atomic E-state index is 11.8. The zero-order valence-electron chi connectivity index (χ0n) is 16.7. The SMILES string of the molecule is CCC(N=NC(CC)(OC(C)=O)c1ccccc1)(OC(C)=O)c1ccccc1. The van der Waals surface area contributed by atoms with E-state index in [1.54, 1.807) is 0 Å². The summed E-state index contributed by atoms with van der Waals surface area (Å²) < 4.78 is 11.2. The van der Waals surface area contributed by atoms with Crippen LogP contribution in [-0.4, -0.2) is 11.9 Å². The van der Waals surface area contributed by atoms with Gasteiger partial charge in [0, 0.05) is 37.8 Å². The molecule has 0 aliphatic carbocycles. The highest BCUT2D eigenvalue weighted by Crippen LogP contribution is 2.37. The Kier molecular flexibility index (Phi) is 7.04. The van der Waals surface area contributed by atoms with Gasteiger partial charge in [-0.1, -0.05) is 74.5 Å². The number of ether oxygens (including phenoxy) is 2. The highest BCUT2D eigenvalue weighted by molar-refractivity contribution is 5.67. The molecule has 0 aliphatic heterocycles. The molecule has 2 atom stereocenters. The predicted molar refractivity (Wildman–Crippen MR) is 105 cm³/mol. The van der Waals surface area contributed by atoms with E-state index in [0.29, 0.717) is 24.0 Å². The monoisotopic (exact) mass is 382 g/mol. The summed E-state index contributed by atoms with van der Waals surface area (Å²) >= 11 is 0. The Balaban J connectivity index is 2.60. The second-order valence-corrected chi connectivity index (χ2v) is 6.40. The Labute approximate surface area is 165 Å². The Morgan fingerprint density at radius 2 is 1.04 bits per heavy atom. The molecule has 148 valence electrons. The predicted octanol–water partition coefficient (Wildman–Crippen LogP) is 5.09. The lowest BCUT2D eigenvalue weighted by molar-refractivity contribution is -0.165. The third-order valence-electron chi connectivity index (χ3n) is 4.41. The highest BCUT2D eigenvalue weighted by Gasteiger charge is 2.39. The number of carbonyl (C=O) groups is 2. The molecule has 6 nitrogen and oxygen atoms in total. The Morgan fingerprint density at radius 1 is 0.714 bits per heavy atom. The second-order valence-electron chi connectivity index (χ2n) is 6.40. The van der Waals surface area contributed by atoms with Crippen LogP contribution >= 0.6 is 0 Å². The third-order valence-corrected chi connectivity index (χ3v) is 4.41. The normalized spacial score (nSPS) is 15.4. The van der Waals surface area contributed by atoms with E-state index in [1.807, 2.05) is 74.5 Å². The van der Waals surface area contributed by atoms with Crippen molar-refractivity contribution in [2.45, 2.75) is 52.0 Å². The minimum absolute atomic E-state index is 0.370. The van der Waals surface area contributed by atoms with Gasteiger partial charge in [-0.05, 0) is 0 Å². The molecular formula is C22H26N2O4. The van der Waals surface area contributed by atoms with Crippen LogP contribution < -0.4 is 0 Å². The molecule has 0 spiro atoms. The van der Waals surface area contributed by atoms with Crippen LogP contribution in [-0.2, 0) is 30.5 Å². The van der Waals surface area contributed by atoms with Crippen LogP contribution in [0.5, 0.6) is 0 Å². The van der Waals surface area contributed by atoms with Crippen LogP contribution in [0.3, 0.4) is 0 Å². The maximum Gasteiger partial charge on any atom is 0.305 e. The Hall–Kier alpha value is -3.02. The van der Waals surface area contributed by atoms with E-state index in [0.717, 1.165) is 0 Å². The van der Waals surface area contributed by atoms with E-state index >= 15 is 0 Å². The lowest BCUT2D eigenvalue weighted by Gasteiger charge is -2.31. The quantitative estimate of drug-likeness (QED) is 0.470. The number of hydrogen-bond acceptors (Lipinski definition) is 6. The first kappa shape index (κ1) is 21.3. The second kappa shape index (κ2) is 9.26. The van der Waals surface area contributed by atoms with Crippen molar-refractivity contribution in [3.8, 4) is 0 Å². The molecule has 0 heterocycles. The van der Waals surface area contributed by atoms with Gasteiger partial charge in [-0.25, -0.2) is 0 Å². The van der Waals surface area contributed by atoms with E-state index in [9.17, 15) is 9.59 Å². The molecule has 2 aromatic carbocycles. The highest BCUT2D eigenvalue weighted by atomic mass is 16.6. The van der Waals surface area contributed by atoms with Gasteiger partial charge < -0.3 is 9.47 Å². The van der Waals surface area contributed by atoms with Crippen LogP contribution in [0.2, 0.25) is 0 Å². The number of carbonyl (C=O) groups excluding carboxylic acids is 2. The number of nitrogens with zero attached hydrogens (tertiary/aromatic N) is 2. The first-order valence-corrected chi connectivity index (χ1v) is 9.31. The van der Waals surface area contributed by atoms with Gasteiger partial charge in [0.15, 0.2) is 0 Å². The van der Waals surface area contributed by atoms with Gasteiger partial charge in [0.25, 0.3) is 0 Å². The summed E-state index contributed by atoms with van der Waals surface area (Å²) in [6, 6.07) is 18.4. The van der Waals surface area contributed by atoms with Gasteiger partial charge >= 0.3 is 11.9 Å². The van der Waals surface area contributed by atoms with Crippen LogP contribution in [0.25, 0.3) is 0 Å². The molecular weight excluding hydrogens is 356 g/mol. The molecule has 0 bridgehead atoms. The number of rotatable bonds is 8. The van der Waals surface area contributed by atoms with Crippen molar-refractivity contribution < 1.29 is 19.1 Å². The van der Waals surface area contributed by atoms with Gasteiger partial charge in [-0.2, -0.15) is 0 Å². The van der Waals surface area contributed by atoms with Crippen molar-refractivity contribution >= 4 is 11.9 Å². The summed E-state index contributed by atoms with van der Waals surface area (Å²) in [5, 5.41) is 8.92. The molecule has 0 fully saturated rings. The molecule has 28 heavy (non-hydrogen) atoms. The van der Waals surface area contributed by atoms with Gasteiger partial charge in [-0.3, -0.25) is 9.59 Å². The molecule has 6 heteroatoms. The molecule has 0 saturated heterocycles. The lowest BCUT2D eigenvalue weighted by Crippen LogP contribution is -2.32. The van der Waals surface area contributed by atoms with Gasteiger partial charge in [0.05, 0.1) is 0 Å². The van der Waals surface area contributed by atoms with Crippen LogP contribution in [0.1, 0.15) is 51.7 Å². The largest absolute Gasteiger partial charge is 0.431 e. The van der Waals surface area contributed by atoms with Crippen LogP contribution in [0, 0.1) is 0 Å². The summed E-state index contributed by atoms with van der Waals surface area (Å²) in [6.07, 6.45) is 0.740. The summed E-state index contributed by atoms with van der Waals surface area (Å²) in [6.45, 7) is 6.38. The number of benzene rings is 2. The first-order chi connectivity index (χ1) is 13.4. The zero-order valence-corrected chi connectivity index (χ0v) is 16.7. The topological polar surface area (TPSA) is 77.3 Å². The summed E-state index contributed by atoms with van der Waals surface area (Å²) in [5.74, 6) is -0.946. The average Bonchev–Trinajstić information content (AvgIpc) is 2.71. The zero-order chi connectivity index (χ0) is 20.6. The summed E-state index contributed by atoms with van der Waals surface area (Å²) in [5.41, 5.74) is -1.22. The molecule has 2 rings (SSSR count). The van der Waals surface area contributed by atoms with E-state index in [1.165, 1.54) is 13.8 Å². The van der Waals surface area contributed by atoms with E-state index in [2.05, 4.69) is 10.2 Å². The fourth-order valence-electron chi connectivity index (χ4n) is 3.00. The lowest BCUT2D eigenvalue weighted by atomic mass is 9.99. The molecule has 0 N–H and O–H groups in total. The van der Waals surface area contributed by atoms with Crippen molar-refractivity contribution in [3.63, 3.8) is 0 Å². The van der Waals surface area contributed by atoms with E-state index < -0.39 is 23.4 Å². The number of hydrogen-bond donors (Lipinski definition) is 0.